The standard InChI is InChI=1S/C36H31F3N4O3/c1-3-9-30-27(21-40-43(30)22-10-5-4-6-11-22)35(44)42-19-18-24-26-20-23(45-2)14-15-29(26)41-33(24)34(42)32-17-16-31(46-32)25-12-7-8-13-28(25)36(37,38)39/h4-8,10-17,20-21,34,41H,3,9,18-19H2,1-2H3/t34-/m0/s1. The Kier molecular flexibility index (Phi) is 7.43. The van der Waals surface area contributed by atoms with E-state index in [4.69, 9.17) is 9.15 Å². The van der Waals surface area contributed by atoms with Crippen LogP contribution in [-0.4, -0.2) is 39.2 Å². The first-order valence-electron chi connectivity index (χ1n) is 15.2. The molecule has 1 aliphatic rings. The first kappa shape index (κ1) is 29.5. The predicted octanol–water partition coefficient (Wildman–Crippen LogP) is 8.38. The number of aromatic nitrogens is 3. The second-order valence-electron chi connectivity index (χ2n) is 11.3. The molecule has 234 valence electrons. The molecule has 0 unspecified atom stereocenters. The number of carbonyl (C=O) groups is 1. The lowest BCUT2D eigenvalue weighted by Gasteiger charge is -2.34. The van der Waals surface area contributed by atoms with E-state index in [0.717, 1.165) is 46.0 Å². The molecule has 1 N–H and O–H groups in total. The number of carbonyl (C=O) groups excluding carboxylic acids is 1. The fourth-order valence-electron chi connectivity index (χ4n) is 6.48. The summed E-state index contributed by atoms with van der Waals surface area (Å²) in [5.74, 6) is 0.896. The average Bonchev–Trinajstić information content (AvgIpc) is 3.81. The summed E-state index contributed by atoms with van der Waals surface area (Å²) in [4.78, 5) is 19.8. The number of rotatable bonds is 7. The van der Waals surface area contributed by atoms with Crippen LogP contribution in [0.1, 0.15) is 58.0 Å². The number of amides is 1. The van der Waals surface area contributed by atoms with E-state index in [1.807, 2.05) is 48.5 Å². The third-order valence-electron chi connectivity index (χ3n) is 8.58. The Bertz CT molecular complexity index is 2040. The Hall–Kier alpha value is -5.25. The zero-order valence-electron chi connectivity index (χ0n) is 25.3. The molecule has 4 heterocycles. The van der Waals surface area contributed by atoms with E-state index in [1.165, 1.54) is 12.1 Å². The number of alkyl halides is 3. The van der Waals surface area contributed by atoms with E-state index >= 15 is 0 Å². The number of halogens is 3. The summed E-state index contributed by atoms with van der Waals surface area (Å²) in [6.45, 7) is 2.41. The number of hydrogen-bond acceptors (Lipinski definition) is 4. The lowest BCUT2D eigenvalue weighted by molar-refractivity contribution is -0.137. The van der Waals surface area contributed by atoms with Gasteiger partial charge in [0.15, 0.2) is 0 Å². The van der Waals surface area contributed by atoms with Crippen LogP contribution in [0.2, 0.25) is 0 Å². The van der Waals surface area contributed by atoms with Crippen LogP contribution < -0.4 is 4.74 Å². The van der Waals surface area contributed by atoms with Gasteiger partial charge in [-0.25, -0.2) is 4.68 Å². The minimum Gasteiger partial charge on any atom is -0.497 e. The Labute approximate surface area is 263 Å². The van der Waals surface area contributed by atoms with Gasteiger partial charge in [0, 0.05) is 23.0 Å². The van der Waals surface area contributed by atoms with Gasteiger partial charge in [0.05, 0.1) is 41.5 Å². The normalized spacial score (nSPS) is 14.9. The van der Waals surface area contributed by atoms with Gasteiger partial charge in [-0.15, -0.1) is 0 Å². The van der Waals surface area contributed by atoms with Gasteiger partial charge in [-0.2, -0.15) is 18.3 Å². The maximum absolute atomic E-state index is 14.6. The maximum atomic E-state index is 14.6. The van der Waals surface area contributed by atoms with Crippen molar-refractivity contribution in [3.63, 3.8) is 0 Å². The number of ether oxygens (including phenoxy) is 1. The molecule has 10 heteroatoms. The second kappa shape index (κ2) is 11.6. The molecule has 3 aromatic heterocycles. The predicted molar refractivity (Wildman–Crippen MR) is 168 cm³/mol. The summed E-state index contributed by atoms with van der Waals surface area (Å²) in [5, 5.41) is 5.57. The van der Waals surface area contributed by atoms with Crippen LogP contribution in [0.5, 0.6) is 5.75 Å². The molecule has 0 radical (unpaired) electrons. The summed E-state index contributed by atoms with van der Waals surface area (Å²) in [6, 6.07) is 23.2. The number of methoxy groups -OCH3 is 1. The molecule has 0 bridgehead atoms. The van der Waals surface area contributed by atoms with E-state index in [2.05, 4.69) is 17.0 Å². The number of fused-ring (bicyclic) bond motifs is 3. The number of hydrogen-bond donors (Lipinski definition) is 1. The van der Waals surface area contributed by atoms with Crippen LogP contribution in [-0.2, 0) is 19.0 Å². The van der Waals surface area contributed by atoms with Crippen LogP contribution in [0.25, 0.3) is 27.9 Å². The van der Waals surface area contributed by atoms with Gasteiger partial charge < -0.3 is 19.0 Å². The molecule has 0 fully saturated rings. The Morgan fingerprint density at radius 3 is 2.59 bits per heavy atom. The van der Waals surface area contributed by atoms with Crippen LogP contribution in [0.4, 0.5) is 13.2 Å². The van der Waals surface area contributed by atoms with Crippen molar-refractivity contribution < 1.29 is 27.1 Å². The molecule has 0 saturated carbocycles. The first-order valence-corrected chi connectivity index (χ1v) is 15.2. The van der Waals surface area contributed by atoms with Crippen molar-refractivity contribution in [3.05, 3.63) is 125 Å². The fraction of sp³-hybridized carbons (Fsp3) is 0.222. The third-order valence-corrected chi connectivity index (χ3v) is 8.58. The van der Waals surface area contributed by atoms with Crippen LogP contribution in [0.3, 0.4) is 0 Å². The van der Waals surface area contributed by atoms with Crippen molar-refractivity contribution in [1.82, 2.24) is 19.7 Å². The van der Waals surface area contributed by atoms with Gasteiger partial charge in [-0.1, -0.05) is 49.7 Å². The van der Waals surface area contributed by atoms with Crippen molar-refractivity contribution in [2.75, 3.05) is 13.7 Å². The summed E-state index contributed by atoms with van der Waals surface area (Å²) < 4.78 is 55.3. The second-order valence-corrected chi connectivity index (χ2v) is 11.3. The number of H-pyrrole nitrogens is 1. The van der Waals surface area contributed by atoms with Crippen molar-refractivity contribution >= 4 is 16.8 Å². The van der Waals surface area contributed by atoms with Gasteiger partial charge in [0.1, 0.15) is 23.3 Å². The lowest BCUT2D eigenvalue weighted by Crippen LogP contribution is -2.40. The summed E-state index contributed by atoms with van der Waals surface area (Å²) in [6.07, 6.45) is -0.961. The smallest absolute Gasteiger partial charge is 0.417 e. The highest BCUT2D eigenvalue weighted by Crippen LogP contribution is 2.43. The average molecular weight is 625 g/mol. The number of para-hydroxylation sites is 1. The van der Waals surface area contributed by atoms with E-state index in [0.29, 0.717) is 36.5 Å². The highest BCUT2D eigenvalue weighted by Gasteiger charge is 2.39. The molecule has 1 amide bonds. The fourth-order valence-corrected chi connectivity index (χ4v) is 6.48. The van der Waals surface area contributed by atoms with E-state index in [1.54, 1.807) is 41.1 Å². The molecule has 46 heavy (non-hydrogen) atoms. The molecule has 0 aliphatic carbocycles. The lowest BCUT2D eigenvalue weighted by atomic mass is 9.94. The van der Waals surface area contributed by atoms with Gasteiger partial charge >= 0.3 is 6.18 Å². The highest BCUT2D eigenvalue weighted by atomic mass is 19.4. The first-order chi connectivity index (χ1) is 22.3. The van der Waals surface area contributed by atoms with Gasteiger partial charge in [0.25, 0.3) is 5.91 Å². The largest absolute Gasteiger partial charge is 0.497 e. The summed E-state index contributed by atoms with van der Waals surface area (Å²) in [7, 11) is 1.61. The van der Waals surface area contributed by atoms with E-state index < -0.39 is 17.8 Å². The van der Waals surface area contributed by atoms with Gasteiger partial charge in [-0.05, 0) is 66.9 Å². The SMILES string of the molecule is CCCc1c(C(=O)N2CCc3c([nH]c4ccc(OC)cc34)[C@@H]2c2ccc(-c3ccccc3C(F)(F)F)o2)cnn1-c1ccccc1. The summed E-state index contributed by atoms with van der Waals surface area (Å²) >= 11 is 0. The van der Waals surface area contributed by atoms with Crippen molar-refractivity contribution in [1.29, 1.82) is 0 Å². The summed E-state index contributed by atoms with van der Waals surface area (Å²) in [5.41, 5.74) is 3.89. The molecular weight excluding hydrogens is 593 g/mol. The van der Waals surface area contributed by atoms with Crippen LogP contribution >= 0.6 is 0 Å². The van der Waals surface area contributed by atoms with Crippen LogP contribution in [0, 0.1) is 0 Å². The molecule has 7 nitrogen and oxygen atoms in total. The molecule has 1 aliphatic heterocycles. The van der Waals surface area contributed by atoms with E-state index in [9.17, 15) is 18.0 Å². The quantitative estimate of drug-likeness (QED) is 0.194. The molecule has 1 atom stereocenters. The van der Waals surface area contributed by atoms with Crippen molar-refractivity contribution in [3.8, 4) is 22.8 Å². The molecule has 0 spiro atoms. The zero-order valence-corrected chi connectivity index (χ0v) is 25.3. The van der Waals surface area contributed by atoms with Crippen LogP contribution in [0.15, 0.2) is 95.5 Å². The molecule has 3 aromatic carbocycles. The molecular formula is C36H31F3N4O3. The van der Waals surface area contributed by atoms with Crippen molar-refractivity contribution in [2.24, 2.45) is 0 Å². The van der Waals surface area contributed by atoms with E-state index in [-0.39, 0.29) is 17.2 Å². The number of benzene rings is 3. The van der Waals surface area contributed by atoms with Gasteiger partial charge in [-0.3, -0.25) is 4.79 Å². The Morgan fingerprint density at radius 1 is 1.04 bits per heavy atom. The Balaban J connectivity index is 1.36. The third kappa shape index (κ3) is 5.03. The van der Waals surface area contributed by atoms with Gasteiger partial charge in [0.2, 0.25) is 0 Å². The number of nitrogens with zero attached hydrogens (tertiary/aromatic N) is 3. The maximum Gasteiger partial charge on any atom is 0.417 e. The highest BCUT2D eigenvalue weighted by molar-refractivity contribution is 5.96. The topological polar surface area (TPSA) is 76.3 Å². The zero-order chi connectivity index (χ0) is 32.0. The Morgan fingerprint density at radius 2 is 1.83 bits per heavy atom. The number of aromatic amines is 1. The number of nitrogens with one attached hydrogen (secondary N) is 1. The minimum atomic E-state index is -4.56. The molecule has 6 aromatic rings. The number of furan rings is 1. The minimum absolute atomic E-state index is 0.0640. The monoisotopic (exact) mass is 624 g/mol. The molecule has 0 saturated heterocycles. The molecule has 7 rings (SSSR count). The van der Waals surface area contributed by atoms with Crippen molar-refractivity contribution in [2.45, 2.75) is 38.4 Å².